The number of carbonyl (C=O) groups excluding carboxylic acids is 1. The van der Waals surface area contributed by atoms with Gasteiger partial charge in [0.1, 0.15) is 30.6 Å². The molecule has 1 aliphatic heterocycles. The fraction of sp³-hybridized carbons (Fsp3) is 0.107. The summed E-state index contributed by atoms with van der Waals surface area (Å²) < 4.78 is 23.6. The number of anilines is 1. The third-order valence-corrected chi connectivity index (χ3v) is 5.54. The molecule has 1 aliphatic rings. The van der Waals surface area contributed by atoms with E-state index in [1.807, 2.05) is 84.9 Å². The summed E-state index contributed by atoms with van der Waals surface area (Å²) in [7, 11) is 0. The number of rotatable bonds is 7. The zero-order chi connectivity index (χ0) is 22.6. The Bertz CT molecular complexity index is 1290. The SMILES string of the molecule is O=C1/C(=C\c2ccc(-c3ccccc3)o2)c2ccccc2N1Cc1ccc(OCCF)cc1. The van der Waals surface area contributed by atoms with Crippen LogP contribution >= 0.6 is 0 Å². The molecular formula is C28H22FNO3. The van der Waals surface area contributed by atoms with E-state index in [1.165, 1.54) is 0 Å². The number of ether oxygens (including phenoxy) is 1. The number of amides is 1. The summed E-state index contributed by atoms with van der Waals surface area (Å²) in [6, 6.07) is 28.8. The summed E-state index contributed by atoms with van der Waals surface area (Å²) in [6.45, 7) is -0.0767. The largest absolute Gasteiger partial charge is 0.491 e. The van der Waals surface area contributed by atoms with Crippen LogP contribution in [-0.4, -0.2) is 19.2 Å². The van der Waals surface area contributed by atoms with Crippen LogP contribution in [0.15, 0.2) is 95.4 Å². The van der Waals surface area contributed by atoms with Crippen LogP contribution < -0.4 is 9.64 Å². The Morgan fingerprint density at radius 3 is 2.42 bits per heavy atom. The summed E-state index contributed by atoms with van der Waals surface area (Å²) in [5.41, 5.74) is 4.28. The lowest BCUT2D eigenvalue weighted by molar-refractivity contribution is -0.113. The van der Waals surface area contributed by atoms with E-state index in [4.69, 9.17) is 9.15 Å². The molecule has 0 aliphatic carbocycles. The van der Waals surface area contributed by atoms with E-state index in [9.17, 15) is 9.18 Å². The first kappa shape index (κ1) is 20.8. The smallest absolute Gasteiger partial charge is 0.259 e. The molecule has 33 heavy (non-hydrogen) atoms. The number of alkyl halides is 1. The molecule has 0 saturated heterocycles. The van der Waals surface area contributed by atoms with Gasteiger partial charge < -0.3 is 14.1 Å². The molecule has 0 fully saturated rings. The van der Waals surface area contributed by atoms with Gasteiger partial charge in [-0.25, -0.2) is 4.39 Å². The van der Waals surface area contributed by atoms with Gasteiger partial charge in [-0.15, -0.1) is 0 Å². The summed E-state index contributed by atoms with van der Waals surface area (Å²) in [5, 5.41) is 0. The fourth-order valence-corrected chi connectivity index (χ4v) is 3.96. The molecule has 0 spiro atoms. The maximum Gasteiger partial charge on any atom is 0.259 e. The van der Waals surface area contributed by atoms with Gasteiger partial charge in [-0.2, -0.15) is 0 Å². The standard InChI is InChI=1S/C28H22FNO3/c29-16-17-32-22-12-10-20(11-13-22)19-30-26-9-5-4-8-24(26)25(28(30)31)18-23-14-15-27(33-23)21-6-2-1-3-7-21/h1-15,18H,16-17,19H2/b25-18-. The van der Waals surface area contributed by atoms with Crippen LogP contribution in [0.5, 0.6) is 5.75 Å². The molecule has 3 aromatic carbocycles. The molecule has 5 heteroatoms. The number of nitrogens with zero attached hydrogens (tertiary/aromatic N) is 1. The highest BCUT2D eigenvalue weighted by molar-refractivity contribution is 6.35. The van der Waals surface area contributed by atoms with Crippen LogP contribution in [0, 0.1) is 0 Å². The molecule has 5 rings (SSSR count). The first-order chi connectivity index (χ1) is 16.2. The topological polar surface area (TPSA) is 42.7 Å². The van der Waals surface area contributed by atoms with Gasteiger partial charge in [0.05, 0.1) is 17.8 Å². The van der Waals surface area contributed by atoms with Crippen molar-refractivity contribution >= 4 is 23.2 Å². The summed E-state index contributed by atoms with van der Waals surface area (Å²) in [4.78, 5) is 15.2. The van der Waals surface area contributed by atoms with Crippen molar-refractivity contribution in [2.75, 3.05) is 18.2 Å². The van der Waals surface area contributed by atoms with Crippen LogP contribution in [0.4, 0.5) is 10.1 Å². The number of benzene rings is 3. The molecule has 0 saturated carbocycles. The average molecular weight is 439 g/mol. The number of fused-ring (bicyclic) bond motifs is 1. The van der Waals surface area contributed by atoms with Crippen LogP contribution in [0.1, 0.15) is 16.9 Å². The van der Waals surface area contributed by atoms with Crippen LogP contribution in [-0.2, 0) is 11.3 Å². The molecule has 0 bridgehead atoms. The zero-order valence-corrected chi connectivity index (χ0v) is 17.9. The van der Waals surface area contributed by atoms with E-state index in [2.05, 4.69) is 0 Å². The van der Waals surface area contributed by atoms with Crippen LogP contribution in [0.25, 0.3) is 23.0 Å². The predicted octanol–water partition coefficient (Wildman–Crippen LogP) is 6.38. The molecule has 4 nitrogen and oxygen atoms in total. The molecule has 1 amide bonds. The van der Waals surface area contributed by atoms with E-state index < -0.39 is 6.67 Å². The Morgan fingerprint density at radius 1 is 0.879 bits per heavy atom. The predicted molar refractivity (Wildman–Crippen MR) is 128 cm³/mol. The molecule has 0 radical (unpaired) electrons. The van der Waals surface area contributed by atoms with Crippen LogP contribution in [0.2, 0.25) is 0 Å². The monoisotopic (exact) mass is 439 g/mol. The minimum Gasteiger partial charge on any atom is -0.491 e. The Labute approximate surface area is 191 Å². The Morgan fingerprint density at radius 2 is 1.64 bits per heavy atom. The van der Waals surface area contributed by atoms with Crippen molar-refractivity contribution in [3.05, 3.63) is 108 Å². The summed E-state index contributed by atoms with van der Waals surface area (Å²) in [6.07, 6.45) is 1.81. The average Bonchev–Trinajstić information content (AvgIpc) is 3.43. The Kier molecular flexibility index (Phi) is 5.77. The molecule has 4 aromatic rings. The molecule has 1 aromatic heterocycles. The van der Waals surface area contributed by atoms with E-state index in [1.54, 1.807) is 17.0 Å². The van der Waals surface area contributed by atoms with Crippen molar-refractivity contribution in [1.82, 2.24) is 0 Å². The van der Waals surface area contributed by atoms with Crippen molar-refractivity contribution in [2.24, 2.45) is 0 Å². The lowest BCUT2D eigenvalue weighted by Gasteiger charge is -2.17. The van der Waals surface area contributed by atoms with Gasteiger partial charge in [0.25, 0.3) is 5.91 Å². The summed E-state index contributed by atoms with van der Waals surface area (Å²) >= 11 is 0. The highest BCUT2D eigenvalue weighted by atomic mass is 19.1. The highest BCUT2D eigenvalue weighted by Gasteiger charge is 2.32. The van der Waals surface area contributed by atoms with Crippen molar-refractivity contribution < 1.29 is 18.3 Å². The maximum atomic E-state index is 13.4. The number of halogens is 1. The summed E-state index contributed by atoms with van der Waals surface area (Å²) in [5.74, 6) is 1.92. The second kappa shape index (κ2) is 9.17. The second-order valence-electron chi connectivity index (χ2n) is 7.72. The number of carbonyl (C=O) groups is 1. The van der Waals surface area contributed by atoms with Crippen molar-refractivity contribution in [3.63, 3.8) is 0 Å². The lowest BCUT2D eigenvalue weighted by atomic mass is 10.1. The Balaban J connectivity index is 1.41. The minimum atomic E-state index is -0.529. The molecule has 0 unspecified atom stereocenters. The van der Waals surface area contributed by atoms with Gasteiger partial charge in [-0.1, -0.05) is 60.7 Å². The maximum absolute atomic E-state index is 13.4. The van der Waals surface area contributed by atoms with Gasteiger partial charge in [-0.3, -0.25) is 4.79 Å². The molecular weight excluding hydrogens is 417 g/mol. The van der Waals surface area contributed by atoms with E-state index >= 15 is 0 Å². The van der Waals surface area contributed by atoms with Gasteiger partial charge in [0, 0.05) is 11.1 Å². The number of hydrogen-bond acceptors (Lipinski definition) is 3. The number of hydrogen-bond donors (Lipinski definition) is 0. The van der Waals surface area contributed by atoms with Crippen molar-refractivity contribution in [3.8, 4) is 17.1 Å². The zero-order valence-electron chi connectivity index (χ0n) is 17.9. The van der Waals surface area contributed by atoms with Gasteiger partial charge in [0.15, 0.2) is 0 Å². The molecule has 2 heterocycles. The third-order valence-electron chi connectivity index (χ3n) is 5.54. The third kappa shape index (κ3) is 4.30. The van der Waals surface area contributed by atoms with E-state index in [-0.39, 0.29) is 12.5 Å². The van der Waals surface area contributed by atoms with Gasteiger partial charge >= 0.3 is 0 Å². The van der Waals surface area contributed by atoms with Crippen LogP contribution in [0.3, 0.4) is 0 Å². The van der Waals surface area contributed by atoms with Crippen molar-refractivity contribution in [2.45, 2.75) is 6.54 Å². The highest BCUT2D eigenvalue weighted by Crippen LogP contribution is 2.39. The normalized spacial score (nSPS) is 14.0. The lowest BCUT2D eigenvalue weighted by Crippen LogP contribution is -2.25. The molecule has 0 atom stereocenters. The Hall–Kier alpha value is -4.12. The van der Waals surface area contributed by atoms with Gasteiger partial charge in [0.2, 0.25) is 0 Å². The second-order valence-corrected chi connectivity index (χ2v) is 7.72. The van der Waals surface area contributed by atoms with E-state index in [0.717, 1.165) is 28.1 Å². The fourth-order valence-electron chi connectivity index (χ4n) is 3.96. The molecule has 0 N–H and O–H groups in total. The quantitative estimate of drug-likeness (QED) is 0.314. The minimum absolute atomic E-state index is 0.0320. The van der Waals surface area contributed by atoms with E-state index in [0.29, 0.717) is 23.6 Å². The number of para-hydroxylation sites is 1. The van der Waals surface area contributed by atoms with Gasteiger partial charge in [-0.05, 0) is 42.0 Å². The number of furan rings is 1. The molecule has 164 valence electrons. The first-order valence-corrected chi connectivity index (χ1v) is 10.8. The van der Waals surface area contributed by atoms with Crippen molar-refractivity contribution in [1.29, 1.82) is 0 Å². The first-order valence-electron chi connectivity index (χ1n) is 10.8.